The SMILES string of the molecule is CSc1nc(C)c(CCC(=O)Nc2ccc(Br)c(C)c2)c(=O)[nH]1. The van der Waals surface area contributed by atoms with Crippen LogP contribution in [0.1, 0.15) is 23.2 Å². The van der Waals surface area contributed by atoms with Crippen LogP contribution in [0, 0.1) is 13.8 Å². The molecule has 0 atom stereocenters. The van der Waals surface area contributed by atoms with Crippen LogP contribution in [0.2, 0.25) is 0 Å². The molecule has 0 unspecified atom stereocenters. The molecule has 0 bridgehead atoms. The van der Waals surface area contributed by atoms with E-state index in [4.69, 9.17) is 0 Å². The van der Waals surface area contributed by atoms with E-state index in [2.05, 4.69) is 31.2 Å². The van der Waals surface area contributed by atoms with E-state index in [1.807, 2.05) is 31.4 Å². The van der Waals surface area contributed by atoms with Crippen molar-refractivity contribution in [1.29, 1.82) is 0 Å². The molecule has 122 valence electrons. The Morgan fingerprint density at radius 1 is 1.39 bits per heavy atom. The van der Waals surface area contributed by atoms with Gasteiger partial charge in [0, 0.05) is 27.8 Å². The summed E-state index contributed by atoms with van der Waals surface area (Å²) in [6.45, 7) is 3.75. The summed E-state index contributed by atoms with van der Waals surface area (Å²) in [7, 11) is 0. The fourth-order valence-corrected chi connectivity index (χ4v) is 2.83. The van der Waals surface area contributed by atoms with Gasteiger partial charge in [0.25, 0.3) is 5.56 Å². The lowest BCUT2D eigenvalue weighted by molar-refractivity contribution is -0.116. The van der Waals surface area contributed by atoms with Gasteiger partial charge in [0.05, 0.1) is 0 Å². The minimum Gasteiger partial charge on any atom is -0.326 e. The first-order valence-electron chi connectivity index (χ1n) is 7.10. The van der Waals surface area contributed by atoms with Crippen LogP contribution in [0.4, 0.5) is 5.69 Å². The molecule has 2 rings (SSSR count). The third-order valence-electron chi connectivity index (χ3n) is 3.44. The largest absolute Gasteiger partial charge is 0.326 e. The molecule has 0 saturated carbocycles. The van der Waals surface area contributed by atoms with E-state index < -0.39 is 0 Å². The Balaban J connectivity index is 2.02. The van der Waals surface area contributed by atoms with Gasteiger partial charge in [-0.05, 0) is 50.3 Å². The van der Waals surface area contributed by atoms with Crippen molar-refractivity contribution in [3.63, 3.8) is 0 Å². The van der Waals surface area contributed by atoms with Crippen LogP contribution in [-0.4, -0.2) is 22.1 Å². The predicted molar refractivity (Wildman–Crippen MR) is 97.2 cm³/mol. The average Bonchev–Trinajstić information content (AvgIpc) is 2.50. The van der Waals surface area contributed by atoms with E-state index in [1.165, 1.54) is 11.8 Å². The minimum absolute atomic E-state index is 0.125. The molecule has 1 amide bonds. The second kappa shape index (κ2) is 7.79. The van der Waals surface area contributed by atoms with Gasteiger partial charge in [-0.25, -0.2) is 4.98 Å². The molecule has 2 aromatic rings. The van der Waals surface area contributed by atoms with Gasteiger partial charge in [0.1, 0.15) is 0 Å². The lowest BCUT2D eigenvalue weighted by Crippen LogP contribution is -2.20. The molecule has 23 heavy (non-hydrogen) atoms. The summed E-state index contributed by atoms with van der Waals surface area (Å²) in [4.78, 5) is 31.1. The lowest BCUT2D eigenvalue weighted by atomic mass is 10.1. The molecular formula is C16H18BrN3O2S. The summed E-state index contributed by atoms with van der Waals surface area (Å²) in [5.41, 5.74) is 2.86. The van der Waals surface area contributed by atoms with Gasteiger partial charge < -0.3 is 10.3 Å². The summed E-state index contributed by atoms with van der Waals surface area (Å²) >= 11 is 4.81. The van der Waals surface area contributed by atoms with Crippen LogP contribution in [0.5, 0.6) is 0 Å². The first-order chi connectivity index (χ1) is 10.9. The van der Waals surface area contributed by atoms with E-state index in [1.54, 1.807) is 6.92 Å². The molecule has 0 aliphatic rings. The third kappa shape index (κ3) is 4.68. The number of amides is 1. The lowest BCUT2D eigenvalue weighted by Gasteiger charge is -2.08. The Morgan fingerprint density at radius 2 is 2.13 bits per heavy atom. The molecule has 0 radical (unpaired) electrons. The average molecular weight is 396 g/mol. The van der Waals surface area contributed by atoms with Crippen LogP contribution in [-0.2, 0) is 11.2 Å². The summed E-state index contributed by atoms with van der Waals surface area (Å²) in [6, 6.07) is 5.63. The fraction of sp³-hybridized carbons (Fsp3) is 0.312. The quantitative estimate of drug-likeness (QED) is 0.600. The Morgan fingerprint density at radius 3 is 2.74 bits per heavy atom. The molecular weight excluding hydrogens is 378 g/mol. The van der Waals surface area contributed by atoms with E-state index in [-0.39, 0.29) is 17.9 Å². The van der Waals surface area contributed by atoms with Gasteiger partial charge in [-0.2, -0.15) is 0 Å². The van der Waals surface area contributed by atoms with Crippen LogP contribution in [0.15, 0.2) is 32.6 Å². The number of hydrogen-bond donors (Lipinski definition) is 2. The number of thioether (sulfide) groups is 1. The number of H-pyrrole nitrogens is 1. The van der Waals surface area contributed by atoms with E-state index in [0.29, 0.717) is 22.8 Å². The zero-order chi connectivity index (χ0) is 17.0. The number of anilines is 1. The number of hydrogen-bond acceptors (Lipinski definition) is 4. The van der Waals surface area contributed by atoms with Crippen molar-refractivity contribution in [1.82, 2.24) is 9.97 Å². The number of nitrogens with zero attached hydrogens (tertiary/aromatic N) is 1. The van der Waals surface area contributed by atoms with Gasteiger partial charge in [0.2, 0.25) is 5.91 Å². The second-order valence-corrected chi connectivity index (χ2v) is 6.80. The summed E-state index contributed by atoms with van der Waals surface area (Å²) in [5.74, 6) is -0.125. The van der Waals surface area contributed by atoms with Crippen LogP contribution < -0.4 is 10.9 Å². The van der Waals surface area contributed by atoms with Crippen LogP contribution in [0.25, 0.3) is 0 Å². The molecule has 1 aromatic heterocycles. The van der Waals surface area contributed by atoms with E-state index in [0.717, 1.165) is 15.7 Å². The number of benzene rings is 1. The molecule has 0 aliphatic heterocycles. The van der Waals surface area contributed by atoms with Gasteiger partial charge >= 0.3 is 0 Å². The summed E-state index contributed by atoms with van der Waals surface area (Å²) < 4.78 is 0.998. The maximum atomic E-state index is 12.1. The number of carbonyl (C=O) groups excluding carboxylic acids is 1. The summed E-state index contributed by atoms with van der Waals surface area (Å²) in [6.07, 6.45) is 2.45. The number of aromatic amines is 1. The van der Waals surface area contributed by atoms with Gasteiger partial charge in [-0.1, -0.05) is 27.7 Å². The van der Waals surface area contributed by atoms with Crippen molar-refractivity contribution in [2.24, 2.45) is 0 Å². The van der Waals surface area contributed by atoms with E-state index >= 15 is 0 Å². The van der Waals surface area contributed by atoms with Crippen molar-refractivity contribution in [2.45, 2.75) is 31.8 Å². The smallest absolute Gasteiger partial charge is 0.254 e. The third-order valence-corrected chi connectivity index (χ3v) is 4.91. The highest BCUT2D eigenvalue weighted by Gasteiger charge is 2.11. The van der Waals surface area contributed by atoms with Crippen LogP contribution >= 0.6 is 27.7 Å². The van der Waals surface area contributed by atoms with Crippen molar-refractivity contribution in [3.8, 4) is 0 Å². The number of halogens is 1. The highest BCUT2D eigenvalue weighted by atomic mass is 79.9. The second-order valence-electron chi connectivity index (χ2n) is 5.15. The minimum atomic E-state index is -0.172. The number of aryl methyl sites for hydroxylation is 2. The standard InChI is InChI=1S/C16H18BrN3O2S/c1-9-8-11(4-6-13(9)17)19-14(21)7-5-12-10(2)18-16(23-3)20-15(12)22/h4,6,8H,5,7H2,1-3H3,(H,19,21)(H,18,20,22). The molecule has 1 aromatic carbocycles. The van der Waals surface area contributed by atoms with Gasteiger partial charge in [0.15, 0.2) is 5.16 Å². The maximum absolute atomic E-state index is 12.1. The zero-order valence-electron chi connectivity index (χ0n) is 13.2. The molecule has 0 fully saturated rings. The molecule has 7 heteroatoms. The fourth-order valence-electron chi connectivity index (χ4n) is 2.16. The zero-order valence-corrected chi connectivity index (χ0v) is 15.6. The molecule has 0 aliphatic carbocycles. The monoisotopic (exact) mass is 395 g/mol. The number of carbonyl (C=O) groups is 1. The first kappa shape index (κ1) is 17.7. The highest BCUT2D eigenvalue weighted by molar-refractivity contribution is 9.10. The number of nitrogens with one attached hydrogen (secondary N) is 2. The molecule has 5 nitrogen and oxygen atoms in total. The van der Waals surface area contributed by atoms with Crippen molar-refractivity contribution in [3.05, 3.63) is 49.8 Å². The van der Waals surface area contributed by atoms with Crippen LogP contribution in [0.3, 0.4) is 0 Å². The Bertz CT molecular complexity index is 789. The number of aromatic nitrogens is 2. The normalized spacial score (nSPS) is 10.6. The highest BCUT2D eigenvalue weighted by Crippen LogP contribution is 2.20. The molecule has 2 N–H and O–H groups in total. The van der Waals surface area contributed by atoms with Crippen molar-refractivity contribution >= 4 is 39.3 Å². The van der Waals surface area contributed by atoms with Gasteiger partial charge in [-0.15, -0.1) is 0 Å². The van der Waals surface area contributed by atoms with E-state index in [9.17, 15) is 9.59 Å². The predicted octanol–water partition coefficient (Wildman–Crippen LogP) is 3.44. The van der Waals surface area contributed by atoms with Gasteiger partial charge in [-0.3, -0.25) is 9.59 Å². The van der Waals surface area contributed by atoms with Crippen molar-refractivity contribution < 1.29 is 4.79 Å². The van der Waals surface area contributed by atoms with Crippen molar-refractivity contribution in [2.75, 3.05) is 11.6 Å². The maximum Gasteiger partial charge on any atom is 0.254 e. The molecule has 0 spiro atoms. The topological polar surface area (TPSA) is 74.8 Å². The Hall–Kier alpha value is -1.60. The Labute approximate surface area is 147 Å². The summed E-state index contributed by atoms with van der Waals surface area (Å²) in [5, 5.41) is 3.43. The number of rotatable bonds is 5. The molecule has 1 heterocycles. The first-order valence-corrected chi connectivity index (χ1v) is 9.12. The Kier molecular flexibility index (Phi) is 6.01. The molecule has 0 saturated heterocycles.